The Morgan fingerprint density at radius 2 is 2.29 bits per heavy atom. The molecule has 0 spiro atoms. The van der Waals surface area contributed by atoms with E-state index in [1.807, 2.05) is 36.7 Å². The van der Waals surface area contributed by atoms with E-state index in [9.17, 15) is 4.79 Å². The Hall–Kier alpha value is -2.34. The first-order chi connectivity index (χ1) is 11.6. The number of ether oxygens (including phenoxy) is 1. The van der Waals surface area contributed by atoms with Crippen LogP contribution in [0.1, 0.15) is 31.0 Å². The van der Waals surface area contributed by atoms with Gasteiger partial charge in [0.2, 0.25) is 5.91 Å². The first-order valence-corrected chi connectivity index (χ1v) is 8.87. The van der Waals surface area contributed by atoms with Crippen molar-refractivity contribution in [1.82, 2.24) is 14.7 Å². The zero-order valence-corrected chi connectivity index (χ0v) is 14.3. The van der Waals surface area contributed by atoms with Gasteiger partial charge < -0.3 is 15.0 Å². The molecule has 0 unspecified atom stereocenters. The van der Waals surface area contributed by atoms with E-state index in [0.717, 1.165) is 40.8 Å². The molecule has 0 radical (unpaired) electrons. The summed E-state index contributed by atoms with van der Waals surface area (Å²) in [6, 6.07) is 8.05. The number of hydrogen-bond acceptors (Lipinski definition) is 4. The van der Waals surface area contributed by atoms with E-state index < -0.39 is 0 Å². The molecular weight excluding hydrogens is 322 g/mol. The minimum atomic E-state index is -0.135. The molecule has 124 valence electrons. The van der Waals surface area contributed by atoms with Crippen LogP contribution < -0.4 is 10.1 Å². The van der Waals surface area contributed by atoms with E-state index in [4.69, 9.17) is 4.74 Å². The van der Waals surface area contributed by atoms with Gasteiger partial charge >= 0.3 is 0 Å². The number of nitrogens with zero attached hydrogens (tertiary/aromatic N) is 1. The van der Waals surface area contributed by atoms with Gasteiger partial charge in [-0.15, -0.1) is 0 Å². The summed E-state index contributed by atoms with van der Waals surface area (Å²) in [5.74, 6) is 0.964. The molecule has 24 heavy (non-hydrogen) atoms. The summed E-state index contributed by atoms with van der Waals surface area (Å²) in [5, 5.41) is 6.11. The molecule has 2 heterocycles. The van der Waals surface area contributed by atoms with Gasteiger partial charge in [0.05, 0.1) is 6.54 Å². The summed E-state index contributed by atoms with van der Waals surface area (Å²) in [5.41, 5.74) is 2.95. The SMILES string of the molecule is CC1(C(=O)NCc2cc3ccc(OCc4cnsc4)cc3[nH]2)CC1. The summed E-state index contributed by atoms with van der Waals surface area (Å²) in [6.07, 6.45) is 3.80. The highest BCUT2D eigenvalue weighted by Crippen LogP contribution is 2.45. The lowest BCUT2D eigenvalue weighted by atomic mass is 10.1. The third kappa shape index (κ3) is 3.14. The zero-order valence-electron chi connectivity index (χ0n) is 13.5. The maximum Gasteiger partial charge on any atom is 0.226 e. The maximum absolute atomic E-state index is 12.0. The van der Waals surface area contributed by atoms with Crippen LogP contribution in [0.25, 0.3) is 10.9 Å². The van der Waals surface area contributed by atoms with E-state index in [1.54, 1.807) is 0 Å². The molecule has 0 saturated heterocycles. The molecule has 3 aromatic rings. The predicted molar refractivity (Wildman–Crippen MR) is 93.9 cm³/mol. The number of H-pyrrole nitrogens is 1. The lowest BCUT2D eigenvalue weighted by Crippen LogP contribution is -2.29. The van der Waals surface area contributed by atoms with Crippen molar-refractivity contribution in [3.05, 3.63) is 47.1 Å². The number of nitrogens with one attached hydrogen (secondary N) is 2. The third-order valence-electron chi connectivity index (χ3n) is 4.53. The summed E-state index contributed by atoms with van der Waals surface area (Å²) in [6.45, 7) is 3.06. The summed E-state index contributed by atoms with van der Waals surface area (Å²) >= 11 is 1.42. The van der Waals surface area contributed by atoms with E-state index in [1.165, 1.54) is 11.5 Å². The molecule has 1 saturated carbocycles. The molecule has 4 rings (SSSR count). The molecular formula is C18H19N3O2S. The van der Waals surface area contributed by atoms with Crippen LogP contribution in [0.15, 0.2) is 35.8 Å². The number of benzene rings is 1. The Bertz CT molecular complexity index is 866. The van der Waals surface area contributed by atoms with E-state index >= 15 is 0 Å². The van der Waals surface area contributed by atoms with E-state index in [2.05, 4.69) is 20.7 Å². The van der Waals surface area contributed by atoms with Gasteiger partial charge in [-0.2, -0.15) is 0 Å². The van der Waals surface area contributed by atoms with Crippen molar-refractivity contribution in [2.75, 3.05) is 0 Å². The first kappa shape index (κ1) is 15.2. The van der Waals surface area contributed by atoms with Crippen molar-refractivity contribution in [3.8, 4) is 5.75 Å². The van der Waals surface area contributed by atoms with E-state index in [-0.39, 0.29) is 11.3 Å². The molecule has 1 aliphatic carbocycles. The van der Waals surface area contributed by atoms with Gasteiger partial charge in [0, 0.05) is 39.8 Å². The van der Waals surface area contributed by atoms with Crippen molar-refractivity contribution in [1.29, 1.82) is 0 Å². The topological polar surface area (TPSA) is 67.0 Å². The number of amides is 1. The summed E-state index contributed by atoms with van der Waals surface area (Å²) in [7, 11) is 0. The van der Waals surface area contributed by atoms with Crippen LogP contribution in [0.4, 0.5) is 0 Å². The minimum absolute atomic E-state index is 0.135. The second-order valence-electron chi connectivity index (χ2n) is 6.61. The molecule has 6 heteroatoms. The molecule has 1 aliphatic rings. The normalized spacial score (nSPS) is 15.4. The number of aromatic nitrogens is 2. The first-order valence-electron chi connectivity index (χ1n) is 8.03. The number of aromatic amines is 1. The van der Waals surface area contributed by atoms with Gasteiger partial charge in [-0.1, -0.05) is 6.92 Å². The van der Waals surface area contributed by atoms with Gasteiger partial charge in [0.25, 0.3) is 0 Å². The van der Waals surface area contributed by atoms with Gasteiger partial charge in [0.15, 0.2) is 0 Å². The molecule has 2 N–H and O–H groups in total. The van der Waals surface area contributed by atoms with Crippen molar-refractivity contribution in [2.24, 2.45) is 5.41 Å². The number of carbonyl (C=O) groups excluding carboxylic acids is 1. The molecule has 0 atom stereocenters. The van der Waals surface area contributed by atoms with Crippen molar-refractivity contribution >= 4 is 28.3 Å². The minimum Gasteiger partial charge on any atom is -0.489 e. The largest absolute Gasteiger partial charge is 0.489 e. The fourth-order valence-electron chi connectivity index (χ4n) is 2.62. The van der Waals surface area contributed by atoms with Crippen LogP contribution >= 0.6 is 11.5 Å². The molecule has 0 aliphatic heterocycles. The third-order valence-corrected chi connectivity index (χ3v) is 5.16. The second kappa shape index (κ2) is 5.94. The lowest BCUT2D eigenvalue weighted by molar-refractivity contribution is -0.125. The van der Waals surface area contributed by atoms with Crippen molar-refractivity contribution in [3.63, 3.8) is 0 Å². The molecule has 0 bridgehead atoms. The number of carbonyl (C=O) groups is 1. The quantitative estimate of drug-likeness (QED) is 0.719. The summed E-state index contributed by atoms with van der Waals surface area (Å²) in [4.78, 5) is 15.4. The monoisotopic (exact) mass is 341 g/mol. The maximum atomic E-state index is 12.0. The smallest absolute Gasteiger partial charge is 0.226 e. The highest BCUT2D eigenvalue weighted by molar-refractivity contribution is 7.03. The van der Waals surface area contributed by atoms with Gasteiger partial charge in [-0.05, 0) is 48.0 Å². The fourth-order valence-corrected chi connectivity index (χ4v) is 3.14. The Labute approximate surface area is 144 Å². The molecule has 5 nitrogen and oxygen atoms in total. The van der Waals surface area contributed by atoms with Gasteiger partial charge in [0.1, 0.15) is 12.4 Å². The van der Waals surface area contributed by atoms with Crippen LogP contribution in [-0.4, -0.2) is 15.3 Å². The van der Waals surface area contributed by atoms with Crippen LogP contribution in [0, 0.1) is 5.41 Å². The summed E-state index contributed by atoms with van der Waals surface area (Å²) < 4.78 is 9.86. The number of fused-ring (bicyclic) bond motifs is 1. The molecule has 1 amide bonds. The van der Waals surface area contributed by atoms with Crippen LogP contribution in [0.2, 0.25) is 0 Å². The van der Waals surface area contributed by atoms with Crippen LogP contribution in [0.3, 0.4) is 0 Å². The lowest BCUT2D eigenvalue weighted by Gasteiger charge is -2.08. The average Bonchev–Trinajstić information content (AvgIpc) is 3.03. The van der Waals surface area contributed by atoms with E-state index in [0.29, 0.717) is 13.2 Å². The Morgan fingerprint density at radius 1 is 1.42 bits per heavy atom. The molecule has 1 aromatic carbocycles. The fraction of sp³-hybridized carbons (Fsp3) is 0.333. The molecule has 1 fully saturated rings. The van der Waals surface area contributed by atoms with Crippen LogP contribution in [0.5, 0.6) is 5.75 Å². The zero-order chi connectivity index (χ0) is 16.6. The molecule has 2 aromatic heterocycles. The predicted octanol–water partition coefficient (Wildman–Crippen LogP) is 3.62. The van der Waals surface area contributed by atoms with Gasteiger partial charge in [-0.3, -0.25) is 4.79 Å². The Balaban J connectivity index is 1.42. The average molecular weight is 341 g/mol. The Kier molecular flexibility index (Phi) is 3.76. The highest BCUT2D eigenvalue weighted by atomic mass is 32.1. The Morgan fingerprint density at radius 3 is 3.04 bits per heavy atom. The number of hydrogen-bond donors (Lipinski definition) is 2. The highest BCUT2D eigenvalue weighted by Gasteiger charge is 2.44. The standard InChI is InChI=1S/C18H19N3O2S/c1-18(4-5-18)17(22)19-9-14-6-13-2-3-15(7-16(13)21-14)23-10-12-8-20-24-11-12/h2-3,6-8,11,21H,4-5,9-10H2,1H3,(H,19,22). The number of rotatable bonds is 6. The van der Waals surface area contributed by atoms with Crippen LogP contribution in [-0.2, 0) is 17.9 Å². The second-order valence-corrected chi connectivity index (χ2v) is 7.27. The van der Waals surface area contributed by atoms with Gasteiger partial charge in [-0.25, -0.2) is 4.37 Å². The van der Waals surface area contributed by atoms with Crippen molar-refractivity contribution < 1.29 is 9.53 Å². The van der Waals surface area contributed by atoms with Crippen molar-refractivity contribution in [2.45, 2.75) is 32.9 Å².